The summed E-state index contributed by atoms with van der Waals surface area (Å²) in [7, 11) is 0. The van der Waals surface area contributed by atoms with E-state index in [4.69, 9.17) is 16.3 Å². The normalized spacial score (nSPS) is 10.2. The molecule has 1 aromatic heterocycles. The Balaban J connectivity index is 2.39. The number of carbonyl (C=O) groups is 1. The molecule has 0 amide bonds. The fraction of sp³-hybridized carbons (Fsp3) is 0.167. The maximum atomic E-state index is 11.6. The molecule has 0 fully saturated rings. The van der Waals surface area contributed by atoms with Crippen molar-refractivity contribution < 1.29 is 9.53 Å². The van der Waals surface area contributed by atoms with Crippen LogP contribution in [0.1, 0.15) is 17.3 Å². The highest BCUT2D eigenvalue weighted by Gasteiger charge is 2.09. The van der Waals surface area contributed by atoms with Crippen molar-refractivity contribution in [2.75, 3.05) is 6.61 Å². The third kappa shape index (κ3) is 2.65. The number of esters is 1. The fourth-order valence-electron chi connectivity index (χ4n) is 1.47. The zero-order valence-electron chi connectivity index (χ0n) is 9.26. The van der Waals surface area contributed by atoms with Gasteiger partial charge in [0.2, 0.25) is 0 Å². The monoisotopic (exact) mass is 250 g/mol. The predicted molar refractivity (Wildman–Crippen MR) is 64.5 cm³/mol. The summed E-state index contributed by atoms with van der Waals surface area (Å²) in [6.45, 7) is 2.10. The Morgan fingerprint density at radius 3 is 2.94 bits per heavy atom. The Labute approximate surface area is 104 Å². The topological polar surface area (TPSA) is 44.1 Å². The van der Waals surface area contributed by atoms with E-state index in [0.29, 0.717) is 17.2 Å². The molecule has 1 aromatic carbocycles. The van der Waals surface area contributed by atoms with Crippen LogP contribution < -0.4 is 0 Å². The van der Waals surface area contributed by atoms with Gasteiger partial charge in [-0.15, -0.1) is 0 Å². The molecule has 0 atom stereocenters. The molecular formula is C12H11ClN2O2. The number of nitrogens with zero attached hydrogens (tertiary/aromatic N) is 2. The summed E-state index contributed by atoms with van der Waals surface area (Å²) in [5, 5.41) is 0.485. The lowest BCUT2D eigenvalue weighted by Crippen LogP contribution is -2.05. The standard InChI is InChI=1S/C12H11ClN2O2/c1-2-17-12(16)9-5-10(13)7-11(6-9)15-4-3-14-8-15/h3-8H,2H2,1H3. The van der Waals surface area contributed by atoms with Gasteiger partial charge in [0, 0.05) is 23.1 Å². The second-order valence-corrected chi connectivity index (χ2v) is 3.82. The maximum absolute atomic E-state index is 11.6. The van der Waals surface area contributed by atoms with Crippen LogP contribution in [0.4, 0.5) is 0 Å². The molecule has 0 aliphatic carbocycles. The minimum atomic E-state index is -0.378. The van der Waals surface area contributed by atoms with Crippen molar-refractivity contribution in [2.24, 2.45) is 0 Å². The molecule has 0 unspecified atom stereocenters. The lowest BCUT2D eigenvalue weighted by Gasteiger charge is -2.06. The van der Waals surface area contributed by atoms with E-state index < -0.39 is 0 Å². The third-order valence-corrected chi connectivity index (χ3v) is 2.41. The summed E-state index contributed by atoms with van der Waals surface area (Å²) in [4.78, 5) is 15.6. The summed E-state index contributed by atoms with van der Waals surface area (Å²) >= 11 is 5.97. The minimum absolute atomic E-state index is 0.339. The van der Waals surface area contributed by atoms with E-state index >= 15 is 0 Å². The summed E-state index contributed by atoms with van der Waals surface area (Å²) in [6, 6.07) is 5.05. The third-order valence-electron chi connectivity index (χ3n) is 2.20. The highest BCUT2D eigenvalue weighted by molar-refractivity contribution is 6.31. The highest BCUT2D eigenvalue weighted by atomic mass is 35.5. The number of rotatable bonds is 3. The lowest BCUT2D eigenvalue weighted by molar-refractivity contribution is 0.0526. The molecular weight excluding hydrogens is 240 g/mol. The SMILES string of the molecule is CCOC(=O)c1cc(Cl)cc(-n2ccnc2)c1. The molecule has 0 saturated carbocycles. The van der Waals surface area contributed by atoms with Crippen LogP contribution in [0.15, 0.2) is 36.9 Å². The first-order valence-corrected chi connectivity index (χ1v) is 5.54. The number of halogens is 1. The van der Waals surface area contributed by atoms with Gasteiger partial charge in [0.05, 0.1) is 18.5 Å². The molecule has 0 aliphatic rings. The zero-order valence-corrected chi connectivity index (χ0v) is 10.0. The number of hydrogen-bond acceptors (Lipinski definition) is 3. The van der Waals surface area contributed by atoms with E-state index in [9.17, 15) is 4.79 Å². The van der Waals surface area contributed by atoms with Gasteiger partial charge < -0.3 is 9.30 Å². The first-order valence-electron chi connectivity index (χ1n) is 5.16. The number of benzene rings is 1. The van der Waals surface area contributed by atoms with Crippen molar-refractivity contribution in [2.45, 2.75) is 6.92 Å². The minimum Gasteiger partial charge on any atom is -0.462 e. The first-order chi connectivity index (χ1) is 8.20. The molecule has 0 spiro atoms. The van der Waals surface area contributed by atoms with Gasteiger partial charge in [0.1, 0.15) is 0 Å². The molecule has 17 heavy (non-hydrogen) atoms. The number of carbonyl (C=O) groups excluding carboxylic acids is 1. The van der Waals surface area contributed by atoms with Gasteiger partial charge in [0.15, 0.2) is 0 Å². The Kier molecular flexibility index (Phi) is 3.44. The van der Waals surface area contributed by atoms with E-state index in [2.05, 4.69) is 4.98 Å². The van der Waals surface area contributed by atoms with Gasteiger partial charge in [-0.2, -0.15) is 0 Å². The molecule has 1 heterocycles. The van der Waals surface area contributed by atoms with Gasteiger partial charge in [-0.25, -0.2) is 9.78 Å². The van der Waals surface area contributed by atoms with Gasteiger partial charge in [-0.3, -0.25) is 0 Å². The average molecular weight is 251 g/mol. The summed E-state index contributed by atoms with van der Waals surface area (Å²) in [5.41, 5.74) is 1.21. The molecule has 0 saturated heterocycles. The molecule has 2 aromatic rings. The van der Waals surface area contributed by atoms with Gasteiger partial charge >= 0.3 is 5.97 Å². The quantitative estimate of drug-likeness (QED) is 0.787. The van der Waals surface area contributed by atoms with Crippen molar-refractivity contribution >= 4 is 17.6 Å². The van der Waals surface area contributed by atoms with Crippen LogP contribution in [0.25, 0.3) is 5.69 Å². The van der Waals surface area contributed by atoms with Gasteiger partial charge in [0.25, 0.3) is 0 Å². The largest absolute Gasteiger partial charge is 0.462 e. The predicted octanol–water partition coefficient (Wildman–Crippen LogP) is 2.70. The number of imidazole rings is 1. The maximum Gasteiger partial charge on any atom is 0.338 e. The number of aromatic nitrogens is 2. The van der Waals surface area contributed by atoms with E-state index in [1.54, 1.807) is 48.4 Å². The molecule has 0 radical (unpaired) electrons. The van der Waals surface area contributed by atoms with Crippen molar-refractivity contribution in [1.29, 1.82) is 0 Å². The molecule has 5 heteroatoms. The van der Waals surface area contributed by atoms with Crippen LogP contribution in [-0.4, -0.2) is 22.1 Å². The van der Waals surface area contributed by atoms with E-state index in [0.717, 1.165) is 5.69 Å². The van der Waals surface area contributed by atoms with Crippen LogP contribution in [0.2, 0.25) is 5.02 Å². The first kappa shape index (κ1) is 11.7. The fourth-order valence-corrected chi connectivity index (χ4v) is 1.70. The van der Waals surface area contributed by atoms with Crippen LogP contribution in [-0.2, 0) is 4.74 Å². The van der Waals surface area contributed by atoms with Crippen LogP contribution >= 0.6 is 11.6 Å². The molecule has 2 rings (SSSR count). The summed E-state index contributed by atoms with van der Waals surface area (Å²) in [5.74, 6) is -0.378. The van der Waals surface area contributed by atoms with Crippen LogP contribution in [0.3, 0.4) is 0 Å². The van der Waals surface area contributed by atoms with Crippen LogP contribution in [0.5, 0.6) is 0 Å². The summed E-state index contributed by atoms with van der Waals surface area (Å²) < 4.78 is 6.71. The lowest BCUT2D eigenvalue weighted by atomic mass is 10.2. The number of hydrogen-bond donors (Lipinski definition) is 0. The smallest absolute Gasteiger partial charge is 0.338 e. The summed E-state index contributed by atoms with van der Waals surface area (Å²) in [6.07, 6.45) is 5.08. The van der Waals surface area contributed by atoms with Crippen molar-refractivity contribution in [3.8, 4) is 5.69 Å². The van der Waals surface area contributed by atoms with E-state index in [-0.39, 0.29) is 5.97 Å². The van der Waals surface area contributed by atoms with Crippen molar-refractivity contribution in [1.82, 2.24) is 9.55 Å². The van der Waals surface area contributed by atoms with Crippen molar-refractivity contribution in [3.63, 3.8) is 0 Å². The highest BCUT2D eigenvalue weighted by Crippen LogP contribution is 2.19. The van der Waals surface area contributed by atoms with E-state index in [1.807, 2.05) is 0 Å². The zero-order chi connectivity index (χ0) is 12.3. The number of ether oxygens (including phenoxy) is 1. The second kappa shape index (κ2) is 5.01. The molecule has 0 N–H and O–H groups in total. The second-order valence-electron chi connectivity index (χ2n) is 3.39. The molecule has 0 aliphatic heterocycles. The van der Waals surface area contributed by atoms with E-state index in [1.165, 1.54) is 0 Å². The van der Waals surface area contributed by atoms with Gasteiger partial charge in [-0.1, -0.05) is 11.6 Å². The van der Waals surface area contributed by atoms with Crippen molar-refractivity contribution in [3.05, 3.63) is 47.5 Å². The molecule has 4 nitrogen and oxygen atoms in total. The Bertz CT molecular complexity index is 523. The van der Waals surface area contributed by atoms with Gasteiger partial charge in [-0.05, 0) is 25.1 Å². The average Bonchev–Trinajstić information content (AvgIpc) is 2.82. The molecule has 0 bridgehead atoms. The Hall–Kier alpha value is -1.81. The molecule has 88 valence electrons. The Morgan fingerprint density at radius 1 is 1.47 bits per heavy atom. The Morgan fingerprint density at radius 2 is 2.29 bits per heavy atom. The van der Waals surface area contributed by atoms with Crippen LogP contribution in [0, 0.1) is 0 Å².